The molecule has 3 heterocycles. The van der Waals surface area contributed by atoms with E-state index in [-0.39, 0.29) is 0 Å². The number of hydrogen-bond donors (Lipinski definition) is 2. The van der Waals surface area contributed by atoms with Crippen LogP contribution in [0.25, 0.3) is 5.52 Å². The summed E-state index contributed by atoms with van der Waals surface area (Å²) in [5, 5.41) is 11.2. The Bertz CT molecular complexity index is 527. The standard InChI is InChI=1S/C13H19N5/c1-13(4-2-5-14-9-13)10-16-12-11-3-6-17-18(11)8-7-15-12/h3,6-8,14H,2,4-5,9-10H2,1H3,(H,15,16). The molecule has 3 rings (SSSR count). The fourth-order valence-electron chi connectivity index (χ4n) is 2.56. The minimum Gasteiger partial charge on any atom is -0.368 e. The van der Waals surface area contributed by atoms with Crippen molar-refractivity contribution in [3.05, 3.63) is 24.7 Å². The molecule has 96 valence electrons. The summed E-state index contributed by atoms with van der Waals surface area (Å²) in [6, 6.07) is 1.98. The number of rotatable bonds is 3. The zero-order chi connectivity index (χ0) is 12.4. The molecule has 0 bridgehead atoms. The van der Waals surface area contributed by atoms with Crippen LogP contribution in [0.15, 0.2) is 24.7 Å². The molecule has 1 fully saturated rings. The summed E-state index contributed by atoms with van der Waals surface area (Å²) in [5.74, 6) is 0.918. The van der Waals surface area contributed by atoms with E-state index in [0.29, 0.717) is 5.41 Å². The van der Waals surface area contributed by atoms with E-state index in [0.717, 1.165) is 31.0 Å². The highest BCUT2D eigenvalue weighted by molar-refractivity contribution is 5.66. The van der Waals surface area contributed by atoms with Crippen molar-refractivity contribution in [1.29, 1.82) is 0 Å². The van der Waals surface area contributed by atoms with E-state index in [9.17, 15) is 0 Å². The molecule has 0 radical (unpaired) electrons. The first-order valence-corrected chi connectivity index (χ1v) is 6.50. The van der Waals surface area contributed by atoms with Gasteiger partial charge in [0.2, 0.25) is 0 Å². The van der Waals surface area contributed by atoms with Crippen molar-refractivity contribution in [2.45, 2.75) is 19.8 Å². The highest BCUT2D eigenvalue weighted by Gasteiger charge is 2.26. The largest absolute Gasteiger partial charge is 0.368 e. The summed E-state index contributed by atoms with van der Waals surface area (Å²) in [7, 11) is 0. The summed E-state index contributed by atoms with van der Waals surface area (Å²) < 4.78 is 1.84. The van der Waals surface area contributed by atoms with Crippen molar-refractivity contribution in [1.82, 2.24) is 19.9 Å². The molecule has 0 spiro atoms. The normalized spacial score (nSPS) is 24.3. The molecule has 1 unspecified atom stereocenters. The van der Waals surface area contributed by atoms with Crippen molar-refractivity contribution >= 4 is 11.3 Å². The fraction of sp³-hybridized carbons (Fsp3) is 0.538. The van der Waals surface area contributed by atoms with Gasteiger partial charge in [0.25, 0.3) is 0 Å². The van der Waals surface area contributed by atoms with E-state index in [1.165, 1.54) is 12.8 Å². The molecule has 2 N–H and O–H groups in total. The van der Waals surface area contributed by atoms with Gasteiger partial charge in [0, 0.05) is 25.5 Å². The maximum atomic E-state index is 4.40. The summed E-state index contributed by atoms with van der Waals surface area (Å²) in [4.78, 5) is 4.40. The first kappa shape index (κ1) is 11.5. The first-order valence-electron chi connectivity index (χ1n) is 6.50. The Morgan fingerprint density at radius 1 is 1.50 bits per heavy atom. The summed E-state index contributed by atoms with van der Waals surface area (Å²) in [6.45, 7) is 5.48. The molecule has 0 saturated carbocycles. The van der Waals surface area contributed by atoms with E-state index < -0.39 is 0 Å². The van der Waals surface area contributed by atoms with Gasteiger partial charge in [-0.25, -0.2) is 9.50 Å². The predicted octanol–water partition coefficient (Wildman–Crippen LogP) is 1.53. The Balaban J connectivity index is 1.74. The second-order valence-electron chi connectivity index (χ2n) is 5.38. The van der Waals surface area contributed by atoms with Gasteiger partial charge in [0.1, 0.15) is 5.52 Å². The van der Waals surface area contributed by atoms with Crippen LogP contribution >= 0.6 is 0 Å². The van der Waals surface area contributed by atoms with Gasteiger partial charge < -0.3 is 10.6 Å². The van der Waals surface area contributed by atoms with Gasteiger partial charge in [-0.15, -0.1) is 0 Å². The van der Waals surface area contributed by atoms with Crippen LogP contribution < -0.4 is 10.6 Å². The molecule has 1 atom stereocenters. The summed E-state index contributed by atoms with van der Waals surface area (Å²) >= 11 is 0. The molecule has 1 aliphatic rings. The second kappa shape index (κ2) is 4.57. The number of piperidine rings is 1. The lowest BCUT2D eigenvalue weighted by Gasteiger charge is -2.34. The highest BCUT2D eigenvalue weighted by atomic mass is 15.2. The molecule has 5 nitrogen and oxygen atoms in total. The molecule has 0 amide bonds. The number of anilines is 1. The van der Waals surface area contributed by atoms with E-state index in [1.807, 2.05) is 16.8 Å². The zero-order valence-electron chi connectivity index (χ0n) is 10.7. The van der Waals surface area contributed by atoms with Crippen LogP contribution in [0.1, 0.15) is 19.8 Å². The van der Waals surface area contributed by atoms with Crippen molar-refractivity contribution in [2.75, 3.05) is 25.0 Å². The molecule has 2 aromatic heterocycles. The van der Waals surface area contributed by atoms with Crippen LogP contribution in [-0.2, 0) is 0 Å². The lowest BCUT2D eigenvalue weighted by atomic mass is 9.83. The SMILES string of the molecule is CC1(CNc2nccn3nccc23)CCCNC1. The van der Waals surface area contributed by atoms with Crippen LogP contribution in [0.2, 0.25) is 0 Å². The van der Waals surface area contributed by atoms with E-state index in [4.69, 9.17) is 0 Å². The maximum Gasteiger partial charge on any atom is 0.152 e. The van der Waals surface area contributed by atoms with Crippen LogP contribution in [0.4, 0.5) is 5.82 Å². The average Bonchev–Trinajstić information content (AvgIpc) is 2.86. The smallest absolute Gasteiger partial charge is 0.152 e. The zero-order valence-corrected chi connectivity index (χ0v) is 10.7. The Labute approximate surface area is 107 Å². The predicted molar refractivity (Wildman–Crippen MR) is 71.7 cm³/mol. The average molecular weight is 245 g/mol. The van der Waals surface area contributed by atoms with Gasteiger partial charge in [-0.1, -0.05) is 6.92 Å². The number of nitrogens with one attached hydrogen (secondary N) is 2. The number of hydrogen-bond acceptors (Lipinski definition) is 4. The molecule has 2 aromatic rings. The minimum absolute atomic E-state index is 0.312. The van der Waals surface area contributed by atoms with Crippen LogP contribution in [0, 0.1) is 5.41 Å². The number of aromatic nitrogens is 3. The first-order chi connectivity index (χ1) is 8.77. The van der Waals surface area contributed by atoms with Gasteiger partial charge in [-0.3, -0.25) is 0 Å². The fourth-order valence-corrected chi connectivity index (χ4v) is 2.56. The van der Waals surface area contributed by atoms with Crippen molar-refractivity contribution < 1.29 is 0 Å². The Morgan fingerprint density at radius 3 is 3.28 bits per heavy atom. The van der Waals surface area contributed by atoms with Crippen molar-refractivity contribution in [3.63, 3.8) is 0 Å². The Kier molecular flexibility index (Phi) is 2.91. The third-order valence-electron chi connectivity index (χ3n) is 3.69. The van der Waals surface area contributed by atoms with Crippen LogP contribution in [0.5, 0.6) is 0 Å². The minimum atomic E-state index is 0.312. The van der Waals surface area contributed by atoms with Gasteiger partial charge in [0.15, 0.2) is 5.82 Å². The third kappa shape index (κ3) is 2.18. The summed E-state index contributed by atoms with van der Waals surface area (Å²) in [6.07, 6.45) is 7.96. The molecular formula is C13H19N5. The van der Waals surface area contributed by atoms with Crippen LogP contribution in [-0.4, -0.2) is 34.2 Å². The Hall–Kier alpha value is -1.62. The molecular weight excluding hydrogens is 226 g/mol. The molecule has 0 aliphatic carbocycles. The third-order valence-corrected chi connectivity index (χ3v) is 3.69. The topological polar surface area (TPSA) is 54.2 Å². The van der Waals surface area contributed by atoms with Crippen LogP contribution in [0.3, 0.4) is 0 Å². The lowest BCUT2D eigenvalue weighted by Crippen LogP contribution is -2.42. The Morgan fingerprint density at radius 2 is 2.44 bits per heavy atom. The summed E-state index contributed by atoms with van der Waals surface area (Å²) in [5.41, 5.74) is 1.34. The quantitative estimate of drug-likeness (QED) is 0.861. The van der Waals surface area contributed by atoms with Gasteiger partial charge in [0.05, 0.1) is 6.20 Å². The number of fused-ring (bicyclic) bond motifs is 1. The van der Waals surface area contributed by atoms with E-state index >= 15 is 0 Å². The second-order valence-corrected chi connectivity index (χ2v) is 5.38. The molecule has 0 aromatic carbocycles. The van der Waals surface area contributed by atoms with Gasteiger partial charge in [-0.05, 0) is 30.9 Å². The van der Waals surface area contributed by atoms with E-state index in [2.05, 4.69) is 27.6 Å². The van der Waals surface area contributed by atoms with Gasteiger partial charge in [-0.2, -0.15) is 5.10 Å². The number of nitrogens with zero attached hydrogens (tertiary/aromatic N) is 3. The monoisotopic (exact) mass is 245 g/mol. The van der Waals surface area contributed by atoms with Gasteiger partial charge >= 0.3 is 0 Å². The molecule has 18 heavy (non-hydrogen) atoms. The van der Waals surface area contributed by atoms with Crippen molar-refractivity contribution in [2.24, 2.45) is 5.41 Å². The van der Waals surface area contributed by atoms with Crippen molar-refractivity contribution in [3.8, 4) is 0 Å². The molecule has 5 heteroatoms. The molecule has 1 saturated heterocycles. The maximum absolute atomic E-state index is 4.40. The lowest BCUT2D eigenvalue weighted by molar-refractivity contribution is 0.253. The highest BCUT2D eigenvalue weighted by Crippen LogP contribution is 2.26. The van der Waals surface area contributed by atoms with E-state index in [1.54, 1.807) is 12.4 Å². The molecule has 1 aliphatic heterocycles.